The molecule has 0 saturated carbocycles. The Labute approximate surface area is 174 Å². The average molecular weight is 429 g/mol. The summed E-state index contributed by atoms with van der Waals surface area (Å²) in [6.45, 7) is -0.478. The van der Waals surface area contributed by atoms with Crippen molar-refractivity contribution in [2.45, 2.75) is 24.5 Å². The first-order valence-corrected chi connectivity index (χ1v) is 9.13. The largest absolute Gasteiger partial charge is 0.394 e. The van der Waals surface area contributed by atoms with E-state index in [4.69, 9.17) is 10.5 Å². The van der Waals surface area contributed by atoms with Crippen LogP contribution in [0.5, 0.6) is 0 Å². The van der Waals surface area contributed by atoms with Crippen LogP contribution in [-0.4, -0.2) is 65.8 Å². The third-order valence-electron chi connectivity index (χ3n) is 4.55. The normalized spacial score (nSPS) is 23.5. The molecular weight excluding hydrogens is 410 g/mol. The molecule has 0 radical (unpaired) electrons. The minimum absolute atomic E-state index is 0.0156. The zero-order valence-electron chi connectivity index (χ0n) is 15.9. The maximum atomic E-state index is 11.9. The molecule has 1 aromatic carbocycles. The topological polar surface area (TPSA) is 205 Å². The van der Waals surface area contributed by atoms with Crippen molar-refractivity contribution in [2.75, 3.05) is 17.7 Å². The van der Waals surface area contributed by atoms with E-state index in [-0.39, 0.29) is 22.9 Å². The molecule has 3 heterocycles. The molecule has 2 unspecified atom stereocenters. The Morgan fingerprint density at radius 3 is 2.71 bits per heavy atom. The van der Waals surface area contributed by atoms with Crippen LogP contribution >= 0.6 is 0 Å². The fourth-order valence-corrected chi connectivity index (χ4v) is 3.06. The summed E-state index contributed by atoms with van der Waals surface area (Å²) < 4.78 is 6.83. The molecule has 1 fully saturated rings. The number of para-hydroxylation sites is 1. The second-order valence-corrected chi connectivity index (χ2v) is 6.59. The van der Waals surface area contributed by atoms with Crippen molar-refractivity contribution in [2.24, 2.45) is 10.3 Å². The molecule has 0 spiro atoms. The van der Waals surface area contributed by atoms with Crippen LogP contribution in [0, 0.1) is 0 Å². The van der Waals surface area contributed by atoms with Gasteiger partial charge in [-0.3, -0.25) is 4.57 Å². The number of aliphatic hydroxyl groups is 3. The van der Waals surface area contributed by atoms with Gasteiger partial charge in [0, 0.05) is 5.69 Å². The molecule has 4 rings (SSSR count). The highest BCUT2D eigenvalue weighted by molar-refractivity contribution is 5.88. The Hall–Kier alpha value is -3.72. The van der Waals surface area contributed by atoms with Crippen molar-refractivity contribution < 1.29 is 24.9 Å². The number of amides is 2. The number of nitrogen functional groups attached to an aromatic ring is 1. The van der Waals surface area contributed by atoms with Gasteiger partial charge < -0.3 is 31.1 Å². The fourth-order valence-electron chi connectivity index (χ4n) is 3.06. The summed E-state index contributed by atoms with van der Waals surface area (Å²) in [5.41, 5.74) is 9.01. The number of imidazole rings is 1. The highest BCUT2D eigenvalue weighted by Crippen LogP contribution is 2.32. The first-order valence-electron chi connectivity index (χ1n) is 9.13. The van der Waals surface area contributed by atoms with Crippen molar-refractivity contribution >= 4 is 34.6 Å². The van der Waals surface area contributed by atoms with E-state index in [0.717, 1.165) is 0 Å². The van der Waals surface area contributed by atoms with Crippen LogP contribution in [-0.2, 0) is 4.74 Å². The maximum Gasteiger partial charge on any atom is 0.341 e. The van der Waals surface area contributed by atoms with Gasteiger partial charge in [0.2, 0.25) is 0 Å². The molecule has 2 aromatic heterocycles. The van der Waals surface area contributed by atoms with Gasteiger partial charge in [-0.2, -0.15) is 9.97 Å². The standard InChI is InChI=1S/C17H19N9O5/c18-13-10-14(26(7-19-10)15-12(29)11(28)9(6-27)31-15)22-16(21-13)23-25-24-17(30)20-8-4-2-1-3-5-8/h1-5,7,9,11-12,15,27-29H,6H2,(H4,18,20,21,22,23,24,30)/t9-,11?,12?,15-/m1/s1. The first-order chi connectivity index (χ1) is 15.0. The molecule has 14 nitrogen and oxygen atoms in total. The minimum atomic E-state index is -1.33. The Morgan fingerprint density at radius 1 is 1.23 bits per heavy atom. The number of rotatable bonds is 5. The van der Waals surface area contributed by atoms with E-state index in [1.807, 2.05) is 6.07 Å². The summed E-state index contributed by atoms with van der Waals surface area (Å²) in [5, 5.41) is 39.3. The summed E-state index contributed by atoms with van der Waals surface area (Å²) >= 11 is 0. The number of benzene rings is 1. The third kappa shape index (κ3) is 4.13. The third-order valence-corrected chi connectivity index (χ3v) is 4.55. The number of carbonyl (C=O) groups is 1. The van der Waals surface area contributed by atoms with E-state index in [1.165, 1.54) is 10.9 Å². The highest BCUT2D eigenvalue weighted by Gasteiger charge is 2.44. The van der Waals surface area contributed by atoms with Gasteiger partial charge in [0.1, 0.15) is 23.8 Å². The molecule has 1 saturated heterocycles. The quantitative estimate of drug-likeness (QED) is 0.235. The number of carbonyl (C=O) groups excluding carboxylic acids is 1. The van der Waals surface area contributed by atoms with E-state index in [9.17, 15) is 20.1 Å². The van der Waals surface area contributed by atoms with Gasteiger partial charge in [-0.1, -0.05) is 28.5 Å². The zero-order chi connectivity index (χ0) is 22.0. The number of nitrogens with two attached hydrogens (primary N) is 1. The Balaban J connectivity index is 1.52. The van der Waals surface area contributed by atoms with Gasteiger partial charge in [0.25, 0.3) is 5.95 Å². The number of ether oxygens (including phenoxy) is 1. The van der Waals surface area contributed by atoms with Crippen LogP contribution in [0.25, 0.3) is 11.2 Å². The summed E-state index contributed by atoms with van der Waals surface area (Å²) in [6.07, 6.45) is -3.35. The van der Waals surface area contributed by atoms with E-state index in [2.05, 4.69) is 36.0 Å². The highest BCUT2D eigenvalue weighted by atomic mass is 16.6. The van der Waals surface area contributed by atoms with E-state index in [1.54, 1.807) is 24.3 Å². The van der Waals surface area contributed by atoms with E-state index in [0.29, 0.717) is 5.69 Å². The lowest BCUT2D eigenvalue weighted by Gasteiger charge is -2.16. The van der Waals surface area contributed by atoms with Crippen LogP contribution in [0.4, 0.5) is 22.2 Å². The average Bonchev–Trinajstić information content (AvgIpc) is 3.30. The lowest BCUT2D eigenvalue weighted by Crippen LogP contribution is -2.33. The summed E-state index contributed by atoms with van der Waals surface area (Å²) in [5.74, 6) is -0.198. The number of urea groups is 1. The van der Waals surface area contributed by atoms with Crippen LogP contribution in [0.1, 0.15) is 6.23 Å². The fraction of sp³-hybridized carbons (Fsp3) is 0.294. The first kappa shape index (κ1) is 20.5. The molecular formula is C17H19N9O5. The lowest BCUT2D eigenvalue weighted by atomic mass is 10.1. The lowest BCUT2D eigenvalue weighted by molar-refractivity contribution is -0.0511. The molecule has 31 heavy (non-hydrogen) atoms. The van der Waals surface area contributed by atoms with Crippen molar-refractivity contribution in [3.8, 4) is 0 Å². The molecule has 2 amide bonds. The number of anilines is 2. The van der Waals surface area contributed by atoms with Crippen LogP contribution < -0.4 is 16.5 Å². The Bertz CT molecular complexity index is 1110. The van der Waals surface area contributed by atoms with E-state index < -0.39 is 37.2 Å². The number of fused-ring (bicyclic) bond motifs is 1. The molecule has 4 atom stereocenters. The predicted octanol–water partition coefficient (Wildman–Crippen LogP) is -0.160. The number of hydrogen-bond donors (Lipinski definition) is 6. The van der Waals surface area contributed by atoms with Gasteiger partial charge in [-0.25, -0.2) is 15.2 Å². The predicted molar refractivity (Wildman–Crippen MR) is 106 cm³/mol. The molecule has 1 aliphatic rings. The van der Waals surface area contributed by atoms with Gasteiger partial charge in [0.05, 0.1) is 12.9 Å². The van der Waals surface area contributed by atoms with Gasteiger partial charge >= 0.3 is 6.03 Å². The second-order valence-electron chi connectivity index (χ2n) is 6.59. The molecule has 0 bridgehead atoms. The number of aromatic nitrogens is 4. The number of hydrogen-bond acceptors (Lipinski definition) is 11. The summed E-state index contributed by atoms with van der Waals surface area (Å²) in [6, 6.07) is 8.12. The molecule has 14 heteroatoms. The summed E-state index contributed by atoms with van der Waals surface area (Å²) in [4.78, 5) is 24.1. The number of nitrogens with zero attached hydrogens (tertiary/aromatic N) is 6. The van der Waals surface area contributed by atoms with Crippen molar-refractivity contribution in [3.05, 3.63) is 36.7 Å². The van der Waals surface area contributed by atoms with Crippen LogP contribution in [0.15, 0.2) is 47.0 Å². The molecule has 1 aliphatic heterocycles. The van der Waals surface area contributed by atoms with Gasteiger partial charge in [-0.05, 0) is 12.1 Å². The second kappa shape index (κ2) is 8.57. The molecule has 7 N–H and O–H groups in total. The van der Waals surface area contributed by atoms with Crippen LogP contribution in [0.3, 0.4) is 0 Å². The molecule has 162 valence electrons. The monoisotopic (exact) mass is 429 g/mol. The SMILES string of the molecule is Nc1nc(N=NNC(=O)Nc2ccccc2)nc2c1ncn2[C@@H]1O[C@H](CO)C(O)C1O. The molecule has 3 aromatic rings. The van der Waals surface area contributed by atoms with Crippen molar-refractivity contribution in [1.82, 2.24) is 24.9 Å². The zero-order valence-corrected chi connectivity index (χ0v) is 15.9. The van der Waals surface area contributed by atoms with Crippen LogP contribution in [0.2, 0.25) is 0 Å². The maximum absolute atomic E-state index is 11.9. The van der Waals surface area contributed by atoms with Gasteiger partial charge in [0.15, 0.2) is 17.7 Å². The minimum Gasteiger partial charge on any atom is -0.394 e. The number of aliphatic hydroxyl groups excluding tert-OH is 3. The number of nitrogens with one attached hydrogen (secondary N) is 2. The summed E-state index contributed by atoms with van der Waals surface area (Å²) in [7, 11) is 0. The van der Waals surface area contributed by atoms with Crippen molar-refractivity contribution in [1.29, 1.82) is 0 Å². The van der Waals surface area contributed by atoms with Gasteiger partial charge in [-0.15, -0.1) is 0 Å². The van der Waals surface area contributed by atoms with Crippen molar-refractivity contribution in [3.63, 3.8) is 0 Å². The van der Waals surface area contributed by atoms with E-state index >= 15 is 0 Å². The Kier molecular flexibility index (Phi) is 5.68. The Morgan fingerprint density at radius 2 is 2.00 bits per heavy atom. The molecule has 0 aliphatic carbocycles. The smallest absolute Gasteiger partial charge is 0.341 e.